The summed E-state index contributed by atoms with van der Waals surface area (Å²) in [6.07, 6.45) is 6.86. The van der Waals surface area contributed by atoms with Crippen LogP contribution in [0.1, 0.15) is 115 Å². The van der Waals surface area contributed by atoms with Crippen LogP contribution in [0.15, 0.2) is 82.6 Å². The highest BCUT2D eigenvalue weighted by Crippen LogP contribution is 2.47. The van der Waals surface area contributed by atoms with Crippen LogP contribution in [0, 0.1) is 0 Å². The first kappa shape index (κ1) is 32.2. The number of rotatable bonds is 6. The first-order valence-corrected chi connectivity index (χ1v) is 16.1. The Kier molecular flexibility index (Phi) is 8.73. The Morgan fingerprint density at radius 1 is 0.545 bits per heavy atom. The van der Waals surface area contributed by atoms with Crippen molar-refractivity contribution in [3.63, 3.8) is 0 Å². The Bertz CT molecular complexity index is 1440. The van der Waals surface area contributed by atoms with Crippen LogP contribution in [-0.2, 0) is 13.1 Å². The highest BCUT2D eigenvalue weighted by molar-refractivity contribution is 5.26. The van der Waals surface area contributed by atoms with E-state index in [0.29, 0.717) is 0 Å². The molecule has 2 aromatic heterocycles. The third kappa shape index (κ3) is 6.72. The summed E-state index contributed by atoms with van der Waals surface area (Å²) >= 11 is 0. The van der Waals surface area contributed by atoms with Gasteiger partial charge in [-0.3, -0.25) is 19.4 Å². The van der Waals surface area contributed by atoms with Crippen LogP contribution in [0.4, 0.5) is 0 Å². The second-order valence-electron chi connectivity index (χ2n) is 15.6. The Balaban J connectivity index is 1.30. The summed E-state index contributed by atoms with van der Waals surface area (Å²) in [5.41, 5.74) is 3.72. The first-order chi connectivity index (χ1) is 20.6. The number of benzene rings is 1. The second-order valence-corrected chi connectivity index (χ2v) is 15.6. The van der Waals surface area contributed by atoms with Gasteiger partial charge in [0.05, 0.1) is 0 Å². The Hall–Kier alpha value is -3.22. The van der Waals surface area contributed by atoms with Crippen molar-refractivity contribution in [2.75, 3.05) is 0 Å². The third-order valence-corrected chi connectivity index (χ3v) is 10.3. The van der Waals surface area contributed by atoms with Gasteiger partial charge in [0.15, 0.2) is 0 Å². The van der Waals surface area contributed by atoms with Gasteiger partial charge in [-0.2, -0.15) is 0 Å². The van der Waals surface area contributed by atoms with Crippen LogP contribution < -0.4 is 11.1 Å². The number of hydrogen-bond acceptors (Lipinski definition) is 6. The molecule has 0 unspecified atom stereocenters. The predicted molar refractivity (Wildman–Crippen MR) is 179 cm³/mol. The summed E-state index contributed by atoms with van der Waals surface area (Å²) in [6, 6.07) is 20.6. The quantitative estimate of drug-likeness (QED) is 0.304. The van der Waals surface area contributed by atoms with Crippen LogP contribution in [-0.4, -0.2) is 41.9 Å². The van der Waals surface area contributed by atoms with E-state index in [1.165, 1.54) is 11.1 Å². The largest absolute Gasteiger partial charge is 0.289 e. The fraction of sp³-hybridized carbons (Fsp3) is 0.526. The van der Waals surface area contributed by atoms with Gasteiger partial charge in [0.2, 0.25) is 0 Å². The Labute approximate surface area is 263 Å². The number of likely N-dealkylation sites (tertiary alicyclic amines) is 2. The maximum absolute atomic E-state index is 12.7. The molecule has 1 aromatic carbocycles. The van der Waals surface area contributed by atoms with E-state index in [2.05, 4.69) is 99.4 Å². The molecule has 44 heavy (non-hydrogen) atoms. The average molecular weight is 595 g/mol. The molecule has 0 bridgehead atoms. The minimum absolute atomic E-state index is 0.0837. The van der Waals surface area contributed by atoms with Gasteiger partial charge in [-0.25, -0.2) is 9.97 Å². The maximum Gasteiger partial charge on any atom is 0.273 e. The van der Waals surface area contributed by atoms with Crippen molar-refractivity contribution < 1.29 is 0 Å². The lowest BCUT2D eigenvalue weighted by Crippen LogP contribution is -2.60. The van der Waals surface area contributed by atoms with Crippen LogP contribution in [0.2, 0.25) is 0 Å². The van der Waals surface area contributed by atoms with E-state index < -0.39 is 0 Å². The first-order valence-electron chi connectivity index (χ1n) is 16.1. The lowest BCUT2D eigenvalue weighted by molar-refractivity contribution is -0.0444. The van der Waals surface area contributed by atoms with Gasteiger partial charge in [0.1, 0.15) is 0 Å². The molecule has 0 atom stereocenters. The zero-order valence-corrected chi connectivity index (χ0v) is 27.9. The van der Waals surface area contributed by atoms with Crippen molar-refractivity contribution in [2.24, 2.45) is 0 Å². The fourth-order valence-corrected chi connectivity index (χ4v) is 8.60. The predicted octanol–water partition coefficient (Wildman–Crippen LogP) is 7.07. The van der Waals surface area contributed by atoms with Gasteiger partial charge in [-0.05, 0) is 116 Å². The lowest BCUT2D eigenvalue weighted by Gasteiger charge is -2.55. The van der Waals surface area contributed by atoms with Gasteiger partial charge in [-0.1, -0.05) is 48.5 Å². The van der Waals surface area contributed by atoms with E-state index in [4.69, 9.17) is 0 Å². The summed E-state index contributed by atoms with van der Waals surface area (Å²) in [5, 5.41) is 0. The molecule has 2 aliphatic heterocycles. The number of aromatic nitrogens is 2. The highest BCUT2D eigenvalue weighted by atomic mass is 16.1. The van der Waals surface area contributed by atoms with Crippen molar-refractivity contribution in [2.45, 2.75) is 128 Å². The topological polar surface area (TPSA) is 66.4 Å². The van der Waals surface area contributed by atoms with Crippen LogP contribution in [0.25, 0.3) is 0 Å². The van der Waals surface area contributed by atoms with Crippen molar-refractivity contribution in [3.8, 4) is 0 Å². The van der Waals surface area contributed by atoms with Gasteiger partial charge in [0, 0.05) is 58.8 Å². The summed E-state index contributed by atoms with van der Waals surface area (Å²) in [4.78, 5) is 38.9. The zero-order valence-electron chi connectivity index (χ0n) is 27.9. The monoisotopic (exact) mass is 594 g/mol. The molecule has 3 aromatic rings. The molecule has 2 aliphatic rings. The summed E-state index contributed by atoms with van der Waals surface area (Å²) < 4.78 is 0. The van der Waals surface area contributed by atoms with Crippen LogP contribution in [0.5, 0.6) is 0 Å². The summed E-state index contributed by atoms with van der Waals surface area (Å²) in [7, 11) is 0. The number of piperidine rings is 2. The van der Waals surface area contributed by atoms with Gasteiger partial charge < -0.3 is 0 Å². The molecular weight excluding hydrogens is 544 g/mol. The minimum atomic E-state index is -0.104. The van der Waals surface area contributed by atoms with Gasteiger partial charge in [-0.15, -0.1) is 0 Å². The SMILES string of the molecule is CC1(C)CC(c2ccccnc2=O)CC(C)(C)N1Cc1ccc(CN2C(C)(C)CC(c3ccccnc3=O)CC2(C)C)cc1. The molecule has 0 aliphatic carbocycles. The van der Waals surface area contributed by atoms with E-state index in [0.717, 1.165) is 49.9 Å². The van der Waals surface area contributed by atoms with Gasteiger partial charge in [0.25, 0.3) is 11.1 Å². The molecular formula is C38H50N4O2. The zero-order chi connectivity index (χ0) is 31.9. The van der Waals surface area contributed by atoms with Gasteiger partial charge >= 0.3 is 0 Å². The average Bonchev–Trinajstić information content (AvgIpc) is 3.27. The molecule has 5 rings (SSSR count). The molecule has 0 N–H and O–H groups in total. The highest BCUT2D eigenvalue weighted by Gasteiger charge is 2.47. The van der Waals surface area contributed by atoms with Crippen molar-refractivity contribution >= 4 is 0 Å². The molecule has 2 fully saturated rings. The van der Waals surface area contributed by atoms with Crippen molar-refractivity contribution in [1.29, 1.82) is 0 Å². The Morgan fingerprint density at radius 2 is 0.864 bits per heavy atom. The van der Waals surface area contributed by atoms with Crippen molar-refractivity contribution in [3.05, 3.63) is 116 Å². The van der Waals surface area contributed by atoms with Crippen molar-refractivity contribution in [1.82, 2.24) is 19.8 Å². The van der Waals surface area contributed by atoms with E-state index in [-0.39, 0.29) is 45.1 Å². The number of hydrogen-bond donors (Lipinski definition) is 0. The molecule has 6 heteroatoms. The molecule has 2 saturated heterocycles. The van der Waals surface area contributed by atoms with E-state index in [1.807, 2.05) is 36.4 Å². The molecule has 6 nitrogen and oxygen atoms in total. The Morgan fingerprint density at radius 3 is 1.18 bits per heavy atom. The third-order valence-electron chi connectivity index (χ3n) is 10.3. The standard InChI is InChI=1S/C38H50N4O2/c1-35(2)21-29(31-13-9-11-19-39-33(31)43)22-36(3,4)41(35)25-27-15-17-28(18-16-27)26-42-37(5,6)23-30(24-38(42,7)8)32-14-10-12-20-40-34(32)44/h9-20,29-30H,21-26H2,1-8H3. The lowest BCUT2D eigenvalue weighted by atomic mass is 9.71. The van der Waals surface area contributed by atoms with E-state index in [1.54, 1.807) is 12.4 Å². The molecule has 234 valence electrons. The molecule has 0 radical (unpaired) electrons. The smallest absolute Gasteiger partial charge is 0.273 e. The summed E-state index contributed by atoms with van der Waals surface area (Å²) in [5.74, 6) is 0.367. The second kappa shape index (κ2) is 11.9. The molecule has 4 heterocycles. The maximum atomic E-state index is 12.7. The van der Waals surface area contributed by atoms with E-state index in [9.17, 15) is 9.59 Å². The molecule has 0 amide bonds. The molecule has 0 spiro atoms. The van der Waals surface area contributed by atoms with E-state index >= 15 is 0 Å². The summed E-state index contributed by atoms with van der Waals surface area (Å²) in [6.45, 7) is 20.2. The minimum Gasteiger partial charge on any atom is -0.289 e. The fourth-order valence-electron chi connectivity index (χ4n) is 8.60. The van der Waals surface area contributed by atoms with Crippen LogP contribution in [0.3, 0.4) is 0 Å². The number of nitrogens with zero attached hydrogens (tertiary/aromatic N) is 4. The van der Waals surface area contributed by atoms with Crippen LogP contribution >= 0.6 is 0 Å². The normalized spacial score (nSPS) is 22.0. The molecule has 0 saturated carbocycles.